The molecule has 1 rings (SSSR count). The molecule has 4 heteroatoms. The van der Waals surface area contributed by atoms with Gasteiger partial charge in [-0.25, -0.2) is 12.2 Å². The van der Waals surface area contributed by atoms with E-state index in [-0.39, 0.29) is 40.3 Å². The second kappa shape index (κ2) is 29.5. The topological polar surface area (TPSA) is 0 Å². The Morgan fingerprint density at radius 1 is 1.31 bits per heavy atom. The molecule has 1 radical (unpaired) electrons. The van der Waals surface area contributed by atoms with Crippen molar-refractivity contribution < 1.29 is 40.3 Å². The second-order valence-electron chi connectivity index (χ2n) is 1.86. The summed E-state index contributed by atoms with van der Waals surface area (Å²) < 4.78 is 0. The van der Waals surface area contributed by atoms with Gasteiger partial charge >= 0.3 is 26.2 Å². The van der Waals surface area contributed by atoms with Crippen molar-refractivity contribution in [1.29, 1.82) is 0 Å². The summed E-state index contributed by atoms with van der Waals surface area (Å²) in [6, 6.07) is 0. The number of hydrogen-bond donors (Lipinski definition) is 0. The smallest absolute Gasteiger partial charge is 1.00 e. The molecule has 0 unspecified atom stereocenters. The zero-order chi connectivity index (χ0) is 6.95. The van der Waals surface area contributed by atoms with Gasteiger partial charge in [-0.15, -0.1) is 6.42 Å². The summed E-state index contributed by atoms with van der Waals surface area (Å²) >= 11 is 0. The molecule has 1 aliphatic carbocycles. The first-order chi connectivity index (χ1) is 4.41. The summed E-state index contributed by atoms with van der Waals surface area (Å²) in [4.78, 5) is 0. The zero-order valence-electron chi connectivity index (χ0n) is 7.69. The summed E-state index contributed by atoms with van der Waals surface area (Å²) in [5, 5.41) is 0. The molecule has 0 bridgehead atoms. The van der Waals surface area contributed by atoms with Gasteiger partial charge in [0.25, 0.3) is 0 Å². The van der Waals surface area contributed by atoms with Crippen LogP contribution in [0.15, 0.2) is 18.2 Å². The molecule has 0 aromatic rings. The number of hydrogen-bond acceptors (Lipinski definition) is 0. The summed E-state index contributed by atoms with van der Waals surface area (Å²) in [6.07, 6.45) is 12.3. The molecule has 0 heterocycles. The van der Waals surface area contributed by atoms with Gasteiger partial charge in [0.1, 0.15) is 0 Å². The monoisotopic (exact) mass is 269 g/mol. The van der Waals surface area contributed by atoms with Gasteiger partial charge in [-0.3, -0.25) is 6.08 Å². The fraction of sp³-hybridized carbons (Fsp3) is 0.444. The zero-order valence-corrected chi connectivity index (χ0v) is 10.2. The van der Waals surface area contributed by atoms with Crippen LogP contribution in [0.5, 0.6) is 0 Å². The van der Waals surface area contributed by atoms with E-state index in [0.717, 1.165) is 12.8 Å². The Kier molecular flexibility index (Phi) is 66.4. The first-order valence-electron chi connectivity index (χ1n) is 3.42. The predicted octanol–water partition coefficient (Wildman–Crippen LogP) is -6.06. The van der Waals surface area contributed by atoms with Crippen molar-refractivity contribution in [3.8, 4) is 0 Å². The van der Waals surface area contributed by atoms with Crippen LogP contribution in [0.1, 0.15) is 26.2 Å². The van der Waals surface area contributed by atoms with Crippen LogP contribution in [-0.2, 0) is 26.2 Å². The van der Waals surface area contributed by atoms with Crippen LogP contribution in [0.3, 0.4) is 0 Å². The van der Waals surface area contributed by atoms with E-state index in [9.17, 15) is 0 Å². The Morgan fingerprint density at radius 3 is 1.85 bits per heavy atom. The van der Waals surface area contributed by atoms with Crippen molar-refractivity contribution in [3.05, 3.63) is 31.2 Å². The van der Waals surface area contributed by atoms with E-state index in [4.69, 9.17) is 0 Å². The van der Waals surface area contributed by atoms with Crippen LogP contribution >= 0.6 is 0 Å². The van der Waals surface area contributed by atoms with Gasteiger partial charge in [0.2, 0.25) is 0 Å². The molecule has 0 fully saturated rings. The fourth-order valence-electron chi connectivity index (χ4n) is 0.340. The first-order valence-corrected chi connectivity index (χ1v) is 3.42. The van der Waals surface area contributed by atoms with Crippen molar-refractivity contribution >= 4 is 0 Å². The normalized spacial score (nSPS) is 9.08. The molecule has 0 saturated heterocycles. The minimum atomic E-state index is 0. The molecule has 0 nitrogen and oxygen atoms in total. The van der Waals surface area contributed by atoms with E-state index in [2.05, 4.69) is 26.0 Å². The molecule has 0 aliphatic heterocycles. The summed E-state index contributed by atoms with van der Waals surface area (Å²) in [5.41, 5.74) is 0. The van der Waals surface area contributed by atoms with Crippen LogP contribution in [0.4, 0.5) is 0 Å². The molecule has 77 valence electrons. The van der Waals surface area contributed by atoms with E-state index in [1.807, 2.05) is 12.2 Å². The first kappa shape index (κ1) is 29.2. The van der Waals surface area contributed by atoms with Crippen LogP contribution in [0.25, 0.3) is 0 Å². The molecule has 0 aromatic heterocycles. The van der Waals surface area contributed by atoms with Crippen molar-refractivity contribution in [2.45, 2.75) is 26.2 Å². The maximum absolute atomic E-state index is 3.60. The van der Waals surface area contributed by atoms with Crippen LogP contribution in [0, 0.1) is 13.0 Å². The standard InChI is InChI=1S/C5H5.C4H9.3FH.Zr/c1-2-4-5-3-1;1-3-4-2;;;;/h1-3H,4H2;1,3-4H2,2H3;3*1H;/q2*-1;;;;+3/p-3. The molecule has 0 aromatic carbocycles. The van der Waals surface area contributed by atoms with Gasteiger partial charge in [-0.2, -0.15) is 12.5 Å². The maximum atomic E-state index is 3.60. The van der Waals surface area contributed by atoms with Gasteiger partial charge < -0.3 is 21.0 Å². The fourth-order valence-corrected chi connectivity index (χ4v) is 0.340. The van der Waals surface area contributed by atoms with Crippen molar-refractivity contribution in [3.63, 3.8) is 0 Å². The molecule has 0 saturated carbocycles. The molecule has 0 atom stereocenters. The number of rotatable bonds is 1. The molecule has 1 aliphatic rings. The van der Waals surface area contributed by atoms with E-state index >= 15 is 0 Å². The minimum Gasteiger partial charge on any atom is -1.00 e. The quantitative estimate of drug-likeness (QED) is 0.416. The molecular formula is C9H14F3Zr-2. The van der Waals surface area contributed by atoms with Crippen molar-refractivity contribution in [1.82, 2.24) is 0 Å². The van der Waals surface area contributed by atoms with Gasteiger partial charge in [-0.05, 0) is 0 Å². The largest absolute Gasteiger partial charge is 3.00 e. The molecule has 0 spiro atoms. The molecule has 0 N–H and O–H groups in total. The predicted molar refractivity (Wildman–Crippen MR) is 41.8 cm³/mol. The van der Waals surface area contributed by atoms with E-state index in [0.29, 0.717) is 0 Å². The summed E-state index contributed by atoms with van der Waals surface area (Å²) in [7, 11) is 0. The summed E-state index contributed by atoms with van der Waals surface area (Å²) in [5.74, 6) is 0. The van der Waals surface area contributed by atoms with Gasteiger partial charge in [0.05, 0.1) is 0 Å². The molecular weight excluding hydrogens is 256 g/mol. The minimum absolute atomic E-state index is 0. The van der Waals surface area contributed by atoms with Crippen molar-refractivity contribution in [2.24, 2.45) is 0 Å². The molecule has 13 heavy (non-hydrogen) atoms. The Labute approximate surface area is 97.7 Å². The summed E-state index contributed by atoms with van der Waals surface area (Å²) in [6.45, 7) is 5.72. The molecule has 0 amide bonds. The third-order valence-corrected chi connectivity index (χ3v) is 0.939. The van der Waals surface area contributed by atoms with Crippen molar-refractivity contribution in [2.75, 3.05) is 0 Å². The average Bonchev–Trinajstić information content (AvgIpc) is 2.43. The maximum Gasteiger partial charge on any atom is 3.00 e. The number of unbranched alkanes of at least 4 members (excludes halogenated alkanes) is 1. The number of halogens is 3. The van der Waals surface area contributed by atoms with Crippen LogP contribution < -0.4 is 14.1 Å². The Balaban J connectivity index is -0.0000000256. The van der Waals surface area contributed by atoms with Crippen LogP contribution in [0.2, 0.25) is 0 Å². The van der Waals surface area contributed by atoms with E-state index < -0.39 is 0 Å². The van der Waals surface area contributed by atoms with Gasteiger partial charge in [0, 0.05) is 0 Å². The Bertz CT molecular complexity index is 91.0. The van der Waals surface area contributed by atoms with Gasteiger partial charge in [-0.1, -0.05) is 13.3 Å². The van der Waals surface area contributed by atoms with Gasteiger partial charge in [0.15, 0.2) is 0 Å². The average molecular weight is 270 g/mol. The SMILES string of the molecule is [C-]1=CC=CC1.[CH2-]CCC.[F-].[F-].[F-].[Zr+3]. The Hall–Kier alpha value is 0.153. The Morgan fingerprint density at radius 2 is 1.77 bits per heavy atom. The van der Waals surface area contributed by atoms with Crippen LogP contribution in [-0.4, -0.2) is 0 Å². The van der Waals surface area contributed by atoms with E-state index in [1.165, 1.54) is 6.42 Å². The van der Waals surface area contributed by atoms with E-state index in [1.54, 1.807) is 0 Å². The number of allylic oxidation sites excluding steroid dienone is 4. The third-order valence-electron chi connectivity index (χ3n) is 0.939. The third kappa shape index (κ3) is 33.1. The second-order valence-corrected chi connectivity index (χ2v) is 1.86.